The van der Waals surface area contributed by atoms with Crippen molar-refractivity contribution >= 4 is 34.6 Å². The van der Waals surface area contributed by atoms with E-state index < -0.39 is 42.4 Å². The fourth-order valence-electron chi connectivity index (χ4n) is 1.61. The van der Waals surface area contributed by atoms with Crippen molar-refractivity contribution in [2.75, 3.05) is 23.8 Å². The normalized spacial score (nSPS) is 15.7. The molecule has 132 valence electrons. The van der Waals surface area contributed by atoms with Crippen molar-refractivity contribution in [3.05, 3.63) is 0 Å². The molecule has 0 bridgehead atoms. The lowest BCUT2D eigenvalue weighted by molar-refractivity contribution is -0.139. The minimum atomic E-state index is -1.19. The van der Waals surface area contributed by atoms with E-state index in [0.29, 0.717) is 5.75 Å². The summed E-state index contributed by atoms with van der Waals surface area (Å²) in [6.07, 6.45) is -0.139. The smallest absolute Gasteiger partial charge is 0.322 e. The van der Waals surface area contributed by atoms with Gasteiger partial charge in [0.2, 0.25) is 11.8 Å². The van der Waals surface area contributed by atoms with Crippen LogP contribution < -0.4 is 33.3 Å². The molecule has 0 saturated carbocycles. The van der Waals surface area contributed by atoms with Crippen LogP contribution in [-0.4, -0.2) is 69.9 Å². The number of carboxylic acid groups (broad SMARTS) is 2. The van der Waals surface area contributed by atoms with Crippen molar-refractivity contribution in [1.82, 2.24) is 10.6 Å². The first-order valence-corrected chi connectivity index (χ1v) is 8.44. The Morgan fingerprint density at radius 2 is 1.78 bits per heavy atom. The van der Waals surface area contributed by atoms with Gasteiger partial charge in [-0.15, -0.1) is 0 Å². The summed E-state index contributed by atoms with van der Waals surface area (Å²) in [5.41, 5.74) is 5.30. The minimum absolute atomic E-state index is 0. The maximum Gasteiger partial charge on any atom is 0.322 e. The molecule has 1 fully saturated rings. The summed E-state index contributed by atoms with van der Waals surface area (Å²) in [5.74, 6) is -0.898. The first-order chi connectivity index (χ1) is 10.3. The fraction of sp³-hybridized carbons (Fsp3) is 0.667. The second-order valence-electron chi connectivity index (χ2n) is 4.90. The number of amides is 2. The van der Waals surface area contributed by atoms with E-state index in [2.05, 4.69) is 10.6 Å². The monoisotopic (exact) mass is 413 g/mol. The molecule has 1 rings (SSSR count). The Morgan fingerprint density at radius 1 is 1.17 bits per heavy atom. The fourth-order valence-corrected chi connectivity index (χ4v) is 3.12. The average Bonchev–Trinajstić information content (AvgIpc) is 3.25. The van der Waals surface area contributed by atoms with E-state index in [9.17, 15) is 19.2 Å². The van der Waals surface area contributed by atoms with Crippen LogP contribution in [0.25, 0.3) is 0 Å². The highest BCUT2D eigenvalue weighted by Crippen LogP contribution is 2.14. The van der Waals surface area contributed by atoms with Gasteiger partial charge in [-0.2, -0.15) is 0 Å². The number of hydrogen-bond donors (Lipinski definition) is 5. The maximum absolute atomic E-state index is 11.9. The number of carboxylic acids is 2. The van der Waals surface area contributed by atoms with Crippen molar-refractivity contribution in [2.45, 2.75) is 24.9 Å². The van der Waals surface area contributed by atoms with Gasteiger partial charge in [-0.1, -0.05) is 0 Å². The van der Waals surface area contributed by atoms with Crippen molar-refractivity contribution in [3.8, 4) is 0 Å². The highest BCUT2D eigenvalue weighted by molar-refractivity contribution is 8.03. The van der Waals surface area contributed by atoms with Gasteiger partial charge in [-0.25, -0.2) is 0 Å². The predicted octanol–water partition coefficient (Wildman–Crippen LogP) is -5.50. The van der Waals surface area contributed by atoms with E-state index in [0.717, 1.165) is 11.5 Å². The molecule has 1 heterocycles. The highest BCUT2D eigenvalue weighted by atomic mass is 79.9. The summed E-state index contributed by atoms with van der Waals surface area (Å²) >= 11 is 0. The molecule has 0 radical (unpaired) electrons. The number of nitrogens with two attached hydrogens (primary N) is 1. The summed E-state index contributed by atoms with van der Waals surface area (Å²) in [4.78, 5) is 44.7. The molecule has 1 saturated heterocycles. The van der Waals surface area contributed by atoms with Crippen LogP contribution in [0.1, 0.15) is 12.8 Å². The van der Waals surface area contributed by atoms with Crippen LogP contribution in [0.15, 0.2) is 0 Å². The van der Waals surface area contributed by atoms with Gasteiger partial charge < -0.3 is 43.6 Å². The van der Waals surface area contributed by atoms with Crippen LogP contribution in [0.4, 0.5) is 0 Å². The minimum Gasteiger partial charge on any atom is -1.00 e. The molecule has 6 N–H and O–H groups in total. The molecule has 0 aromatic heterocycles. The average molecular weight is 414 g/mol. The third kappa shape index (κ3) is 9.41. The molecule has 2 atom stereocenters. The largest absolute Gasteiger partial charge is 1.00 e. The Morgan fingerprint density at radius 3 is 2.26 bits per heavy atom. The van der Waals surface area contributed by atoms with Crippen LogP contribution in [-0.2, 0) is 30.1 Å². The first kappa shape index (κ1) is 21.7. The lowest BCUT2D eigenvalue weighted by Crippen LogP contribution is -3.00. The van der Waals surface area contributed by atoms with Gasteiger partial charge in [-0.05, 0) is 17.3 Å². The van der Waals surface area contributed by atoms with Gasteiger partial charge in [0.15, 0.2) is 17.5 Å². The Balaban J connectivity index is 0.00000484. The first-order valence-electron chi connectivity index (χ1n) is 6.71. The predicted molar refractivity (Wildman–Crippen MR) is 79.4 cm³/mol. The van der Waals surface area contributed by atoms with E-state index in [-0.39, 0.29) is 40.7 Å². The topological polar surface area (TPSA) is 159 Å². The van der Waals surface area contributed by atoms with E-state index in [1.165, 1.54) is 0 Å². The van der Waals surface area contributed by atoms with Crippen molar-refractivity contribution in [3.63, 3.8) is 0 Å². The van der Waals surface area contributed by atoms with Crippen LogP contribution in [0.5, 0.6) is 0 Å². The number of carbonyl (C=O) groups is 4. The van der Waals surface area contributed by atoms with E-state index in [4.69, 9.17) is 15.9 Å². The summed E-state index contributed by atoms with van der Waals surface area (Å²) in [7, 11) is 0.0912. The van der Waals surface area contributed by atoms with Gasteiger partial charge in [0.1, 0.15) is 18.3 Å². The molecular formula is C12H20BrN3O6S. The molecule has 23 heavy (non-hydrogen) atoms. The van der Waals surface area contributed by atoms with Gasteiger partial charge in [0.05, 0.1) is 0 Å². The lowest BCUT2D eigenvalue weighted by Gasteiger charge is -2.15. The molecule has 0 aliphatic carbocycles. The second-order valence-corrected chi connectivity index (χ2v) is 7.28. The van der Waals surface area contributed by atoms with Gasteiger partial charge in [-0.3, -0.25) is 19.2 Å². The number of halogens is 1. The van der Waals surface area contributed by atoms with Gasteiger partial charge >= 0.3 is 11.9 Å². The van der Waals surface area contributed by atoms with Crippen LogP contribution in [0.3, 0.4) is 0 Å². The highest BCUT2D eigenvalue weighted by Gasteiger charge is 2.39. The van der Waals surface area contributed by atoms with E-state index >= 15 is 0 Å². The molecule has 1 aliphatic heterocycles. The second kappa shape index (κ2) is 10.4. The standard InChI is InChI=1S/C12H19N3O6S.BrH/c13-7(12(20)21)1-2-9(16)15-8(6-22-3-4-22)11(19)14-5-10(17)18;/h7-8H,1-6,13H2,(H3-,14,15,16,17,18,19,20,21);1H/t7-,8-;/m0./s1. The molecule has 0 aromatic carbocycles. The van der Waals surface area contributed by atoms with E-state index in [1.54, 1.807) is 0 Å². The van der Waals surface area contributed by atoms with Gasteiger partial charge in [0, 0.05) is 6.42 Å². The number of carbonyl (C=O) groups excluding carboxylic acids is 2. The molecular weight excluding hydrogens is 394 g/mol. The lowest BCUT2D eigenvalue weighted by atomic mass is 10.1. The maximum atomic E-state index is 11.9. The third-order valence-electron chi connectivity index (χ3n) is 2.96. The zero-order valence-corrected chi connectivity index (χ0v) is 14.7. The Kier molecular flexibility index (Phi) is 9.84. The number of aliphatic carboxylic acids is 2. The zero-order chi connectivity index (χ0) is 16.7. The zero-order valence-electron chi connectivity index (χ0n) is 12.3. The molecule has 0 unspecified atom stereocenters. The number of nitrogens with one attached hydrogen (secondary N) is 2. The molecule has 0 aromatic rings. The molecule has 1 aliphatic rings. The van der Waals surface area contributed by atoms with Crippen LogP contribution in [0, 0.1) is 0 Å². The van der Waals surface area contributed by atoms with Crippen molar-refractivity contribution in [2.24, 2.45) is 5.73 Å². The summed E-state index contributed by atoms with van der Waals surface area (Å²) in [5, 5.41) is 21.9. The molecule has 0 spiro atoms. The Hall–Kier alpha value is -1.33. The molecule has 9 nitrogen and oxygen atoms in total. The van der Waals surface area contributed by atoms with Crippen molar-refractivity contribution < 1.29 is 46.4 Å². The van der Waals surface area contributed by atoms with E-state index in [1.807, 2.05) is 0 Å². The molecule has 11 heteroatoms. The third-order valence-corrected chi connectivity index (χ3v) is 4.75. The summed E-state index contributed by atoms with van der Waals surface area (Å²) < 4.78 is 0. The number of hydrogen-bond acceptors (Lipinski definition) is 5. The SMILES string of the molecule is N[C@@H](CCC(=O)N[C@@H](C[S+]1CC1)C(=O)NCC(=O)O)C(=O)O.[Br-]. The van der Waals surface area contributed by atoms with Crippen LogP contribution >= 0.6 is 0 Å². The van der Waals surface area contributed by atoms with Gasteiger partial charge in [0.25, 0.3) is 0 Å². The van der Waals surface area contributed by atoms with Crippen molar-refractivity contribution in [1.29, 1.82) is 0 Å². The number of rotatable bonds is 10. The Labute approximate surface area is 146 Å². The van der Waals surface area contributed by atoms with Crippen LogP contribution in [0.2, 0.25) is 0 Å². The quantitative estimate of drug-likeness (QED) is 0.176. The molecule has 2 amide bonds. The Bertz CT molecular complexity index is 460. The summed E-state index contributed by atoms with van der Waals surface area (Å²) in [6.45, 7) is -0.511. The summed E-state index contributed by atoms with van der Waals surface area (Å²) in [6, 6.07) is -1.92.